The van der Waals surface area contributed by atoms with Crippen LogP contribution in [-0.4, -0.2) is 48.1 Å². The van der Waals surface area contributed by atoms with Crippen LogP contribution in [0.1, 0.15) is 44.2 Å². The zero-order valence-electron chi connectivity index (χ0n) is 18.8. The van der Waals surface area contributed by atoms with E-state index >= 15 is 0 Å². The SMILES string of the molecule is CC(C)(C)OC(=O)NOCC[C@H](NC(=O)OCC1c2ccccc2-c2ccccc21)C(=O)O. The maximum Gasteiger partial charge on any atom is 0.431 e. The summed E-state index contributed by atoms with van der Waals surface area (Å²) in [5.41, 5.74) is 5.69. The number of carboxylic acids is 1. The Morgan fingerprint density at radius 2 is 1.55 bits per heavy atom. The molecule has 0 radical (unpaired) electrons. The van der Waals surface area contributed by atoms with Crippen molar-refractivity contribution in [1.29, 1.82) is 0 Å². The largest absolute Gasteiger partial charge is 0.480 e. The first-order valence-electron chi connectivity index (χ1n) is 10.6. The Hall–Kier alpha value is -3.59. The molecule has 1 atom stereocenters. The molecule has 1 aliphatic rings. The highest BCUT2D eigenvalue weighted by Crippen LogP contribution is 2.44. The minimum Gasteiger partial charge on any atom is -0.480 e. The van der Waals surface area contributed by atoms with E-state index in [9.17, 15) is 19.5 Å². The lowest BCUT2D eigenvalue weighted by Gasteiger charge is -2.20. The highest BCUT2D eigenvalue weighted by atomic mass is 16.7. The lowest BCUT2D eigenvalue weighted by Crippen LogP contribution is -2.42. The topological polar surface area (TPSA) is 123 Å². The molecule has 0 saturated carbocycles. The number of carbonyl (C=O) groups excluding carboxylic acids is 2. The van der Waals surface area contributed by atoms with E-state index in [0.29, 0.717) is 0 Å². The fraction of sp³-hybridized carbons (Fsp3) is 0.375. The maximum absolute atomic E-state index is 12.3. The second-order valence-electron chi connectivity index (χ2n) is 8.60. The van der Waals surface area contributed by atoms with Gasteiger partial charge in [-0.05, 0) is 43.0 Å². The van der Waals surface area contributed by atoms with Crippen molar-refractivity contribution in [2.75, 3.05) is 13.2 Å². The Balaban J connectivity index is 1.50. The van der Waals surface area contributed by atoms with Crippen LogP contribution in [0.5, 0.6) is 0 Å². The van der Waals surface area contributed by atoms with E-state index in [0.717, 1.165) is 22.3 Å². The van der Waals surface area contributed by atoms with Crippen LogP contribution in [0.4, 0.5) is 9.59 Å². The van der Waals surface area contributed by atoms with Crippen molar-refractivity contribution in [3.05, 3.63) is 59.7 Å². The first-order chi connectivity index (χ1) is 15.7. The van der Waals surface area contributed by atoms with E-state index in [4.69, 9.17) is 14.3 Å². The zero-order valence-corrected chi connectivity index (χ0v) is 18.8. The molecule has 2 amide bonds. The molecular formula is C24H28N2O7. The number of amides is 2. The minimum absolute atomic E-state index is 0.0723. The molecule has 2 aromatic carbocycles. The number of aliphatic carboxylic acids is 1. The van der Waals surface area contributed by atoms with Crippen molar-refractivity contribution in [3.63, 3.8) is 0 Å². The summed E-state index contributed by atoms with van der Waals surface area (Å²) in [6.45, 7) is 5.02. The van der Waals surface area contributed by atoms with Gasteiger partial charge in [0.05, 0.1) is 6.61 Å². The summed E-state index contributed by atoms with van der Waals surface area (Å²) in [5.74, 6) is -1.38. The van der Waals surface area contributed by atoms with Gasteiger partial charge in [-0.25, -0.2) is 14.4 Å². The molecule has 176 valence electrons. The molecule has 0 saturated heterocycles. The Morgan fingerprint density at radius 1 is 0.970 bits per heavy atom. The summed E-state index contributed by atoms with van der Waals surface area (Å²) in [6, 6.07) is 14.6. The molecule has 0 fully saturated rings. The van der Waals surface area contributed by atoms with E-state index in [1.807, 2.05) is 48.5 Å². The van der Waals surface area contributed by atoms with Crippen molar-refractivity contribution in [2.24, 2.45) is 0 Å². The summed E-state index contributed by atoms with van der Waals surface area (Å²) >= 11 is 0. The van der Waals surface area contributed by atoms with Crippen LogP contribution in [0.2, 0.25) is 0 Å². The lowest BCUT2D eigenvalue weighted by atomic mass is 9.98. The van der Waals surface area contributed by atoms with Crippen LogP contribution >= 0.6 is 0 Å². The molecule has 0 bridgehead atoms. The van der Waals surface area contributed by atoms with Crippen molar-refractivity contribution in [2.45, 2.75) is 44.8 Å². The predicted molar refractivity (Wildman–Crippen MR) is 120 cm³/mol. The molecule has 9 nitrogen and oxygen atoms in total. The van der Waals surface area contributed by atoms with Gasteiger partial charge >= 0.3 is 18.2 Å². The Labute approximate surface area is 192 Å². The number of rotatable bonds is 8. The van der Waals surface area contributed by atoms with Crippen molar-refractivity contribution in [3.8, 4) is 11.1 Å². The molecular weight excluding hydrogens is 428 g/mol. The number of hydroxylamine groups is 1. The standard InChI is InChI=1S/C24H28N2O7/c1-24(2,3)33-23(30)26-32-13-12-20(21(27)28)25-22(29)31-14-19-17-10-6-4-8-15(17)16-9-5-7-11-18(16)19/h4-11,19-20H,12-14H2,1-3H3,(H,25,29)(H,26,30)(H,27,28)/t20-/m0/s1. The van der Waals surface area contributed by atoms with Crippen molar-refractivity contribution in [1.82, 2.24) is 10.8 Å². The number of carboxylic acid groups (broad SMARTS) is 1. The zero-order chi connectivity index (χ0) is 24.0. The summed E-state index contributed by atoms with van der Waals surface area (Å²) in [5, 5.41) is 11.7. The Morgan fingerprint density at radius 3 is 2.09 bits per heavy atom. The number of carbonyl (C=O) groups is 3. The molecule has 0 spiro atoms. The third-order valence-corrected chi connectivity index (χ3v) is 5.00. The van der Waals surface area contributed by atoms with Gasteiger partial charge in [0.2, 0.25) is 0 Å². The van der Waals surface area contributed by atoms with Gasteiger partial charge in [-0.1, -0.05) is 48.5 Å². The highest BCUT2D eigenvalue weighted by Gasteiger charge is 2.29. The molecule has 3 rings (SSSR count). The third kappa shape index (κ3) is 6.45. The van der Waals surface area contributed by atoms with Crippen molar-refractivity contribution >= 4 is 18.2 Å². The number of ether oxygens (including phenoxy) is 2. The first kappa shape index (κ1) is 24.1. The highest BCUT2D eigenvalue weighted by molar-refractivity contribution is 5.81. The van der Waals surface area contributed by atoms with Gasteiger partial charge in [0, 0.05) is 12.3 Å². The normalized spacial score (nSPS) is 13.4. The van der Waals surface area contributed by atoms with Gasteiger partial charge in [0.25, 0.3) is 0 Å². The predicted octanol–water partition coefficient (Wildman–Crippen LogP) is 3.82. The molecule has 33 heavy (non-hydrogen) atoms. The molecule has 0 aromatic heterocycles. The number of hydrogen-bond acceptors (Lipinski definition) is 6. The van der Waals surface area contributed by atoms with E-state index in [-0.39, 0.29) is 25.6 Å². The second kappa shape index (κ2) is 10.4. The summed E-state index contributed by atoms with van der Waals surface area (Å²) < 4.78 is 10.4. The number of benzene rings is 2. The number of fused-ring (bicyclic) bond motifs is 3. The van der Waals surface area contributed by atoms with Gasteiger partial charge in [0.1, 0.15) is 18.2 Å². The molecule has 9 heteroatoms. The van der Waals surface area contributed by atoms with E-state index in [1.165, 1.54) is 0 Å². The van der Waals surface area contributed by atoms with Gasteiger partial charge in [-0.15, -0.1) is 0 Å². The van der Waals surface area contributed by atoms with Crippen LogP contribution in [0, 0.1) is 0 Å². The van der Waals surface area contributed by atoms with E-state index in [1.54, 1.807) is 20.8 Å². The van der Waals surface area contributed by atoms with Gasteiger partial charge in [-0.2, -0.15) is 5.48 Å². The third-order valence-electron chi connectivity index (χ3n) is 5.00. The lowest BCUT2D eigenvalue weighted by molar-refractivity contribution is -0.140. The summed E-state index contributed by atoms with van der Waals surface area (Å²) in [4.78, 5) is 40.3. The number of hydrogen-bond donors (Lipinski definition) is 3. The second-order valence-corrected chi connectivity index (χ2v) is 8.60. The van der Waals surface area contributed by atoms with Crippen LogP contribution in [0.3, 0.4) is 0 Å². The van der Waals surface area contributed by atoms with E-state index < -0.39 is 29.8 Å². The fourth-order valence-corrected chi connectivity index (χ4v) is 3.63. The average Bonchev–Trinajstić information content (AvgIpc) is 3.07. The number of alkyl carbamates (subject to hydrolysis) is 1. The Bertz CT molecular complexity index is 970. The molecule has 1 aliphatic carbocycles. The van der Waals surface area contributed by atoms with Crippen LogP contribution in [-0.2, 0) is 19.1 Å². The molecule has 0 unspecified atom stereocenters. The average molecular weight is 456 g/mol. The molecule has 3 N–H and O–H groups in total. The quantitative estimate of drug-likeness (QED) is 0.407. The molecule has 2 aromatic rings. The molecule has 0 aliphatic heterocycles. The van der Waals surface area contributed by atoms with Crippen LogP contribution in [0.25, 0.3) is 11.1 Å². The van der Waals surface area contributed by atoms with Gasteiger partial charge in [-0.3, -0.25) is 4.84 Å². The van der Waals surface area contributed by atoms with Crippen LogP contribution in [0.15, 0.2) is 48.5 Å². The summed E-state index contributed by atoms with van der Waals surface area (Å²) in [6.07, 6.45) is -1.72. The maximum atomic E-state index is 12.3. The van der Waals surface area contributed by atoms with E-state index in [2.05, 4.69) is 10.8 Å². The monoisotopic (exact) mass is 456 g/mol. The number of nitrogens with one attached hydrogen (secondary N) is 2. The van der Waals surface area contributed by atoms with Gasteiger partial charge in [0.15, 0.2) is 0 Å². The first-order valence-corrected chi connectivity index (χ1v) is 10.6. The Kier molecular flexibility index (Phi) is 7.55. The van der Waals surface area contributed by atoms with Crippen LogP contribution < -0.4 is 10.8 Å². The molecule has 0 heterocycles. The van der Waals surface area contributed by atoms with Gasteiger partial charge < -0.3 is 19.9 Å². The fourth-order valence-electron chi connectivity index (χ4n) is 3.63. The smallest absolute Gasteiger partial charge is 0.431 e. The van der Waals surface area contributed by atoms with Crippen molar-refractivity contribution < 1.29 is 33.8 Å². The minimum atomic E-state index is -1.25. The summed E-state index contributed by atoms with van der Waals surface area (Å²) in [7, 11) is 0.